The molecule has 2 aromatic carbocycles. The molecule has 3 rings (SSSR count). The van der Waals surface area contributed by atoms with Crippen molar-refractivity contribution in [3.05, 3.63) is 48.0 Å². The van der Waals surface area contributed by atoms with Crippen LogP contribution in [0.5, 0.6) is 11.5 Å². The summed E-state index contributed by atoms with van der Waals surface area (Å²) in [5, 5.41) is 4.18. The van der Waals surface area contributed by atoms with Crippen molar-refractivity contribution in [2.24, 2.45) is 5.10 Å². The lowest BCUT2D eigenvalue weighted by Gasteiger charge is -2.10. The third-order valence-electron chi connectivity index (χ3n) is 3.75. The molecule has 1 heterocycles. The van der Waals surface area contributed by atoms with Crippen molar-refractivity contribution in [2.45, 2.75) is 11.3 Å². The number of carbonyl (C=O) groups excluding carboxylic acids is 1. The van der Waals surface area contributed by atoms with Gasteiger partial charge in [0.2, 0.25) is 0 Å². The van der Waals surface area contributed by atoms with E-state index in [1.165, 1.54) is 11.8 Å². The number of ether oxygens (including phenoxy) is 2. The number of para-hydroxylation sites is 1. The minimum atomic E-state index is -0.189. The molecule has 0 unspecified atom stereocenters. The van der Waals surface area contributed by atoms with Gasteiger partial charge in [0, 0.05) is 11.6 Å². The minimum absolute atomic E-state index is 0.189. The van der Waals surface area contributed by atoms with Gasteiger partial charge in [-0.2, -0.15) is 5.10 Å². The maximum atomic E-state index is 12.1. The van der Waals surface area contributed by atoms with E-state index in [0.29, 0.717) is 17.2 Å². The van der Waals surface area contributed by atoms with Gasteiger partial charge >= 0.3 is 0 Å². The molecule has 8 heteroatoms. The zero-order valence-electron chi connectivity index (χ0n) is 15.2. The highest BCUT2D eigenvalue weighted by Gasteiger charge is 2.10. The van der Waals surface area contributed by atoms with Gasteiger partial charge in [-0.1, -0.05) is 23.9 Å². The third-order valence-corrected chi connectivity index (χ3v) is 5.93. The molecule has 0 atom stereocenters. The Kier molecular flexibility index (Phi) is 6.31. The molecule has 27 heavy (non-hydrogen) atoms. The molecule has 0 spiro atoms. The van der Waals surface area contributed by atoms with Crippen LogP contribution in [-0.4, -0.2) is 36.6 Å². The number of fused-ring (bicyclic) bond motifs is 1. The number of thiazole rings is 1. The second-order valence-electron chi connectivity index (χ2n) is 5.53. The van der Waals surface area contributed by atoms with E-state index in [-0.39, 0.29) is 11.7 Å². The van der Waals surface area contributed by atoms with Crippen LogP contribution in [0.1, 0.15) is 12.5 Å². The predicted molar refractivity (Wildman–Crippen MR) is 110 cm³/mol. The van der Waals surface area contributed by atoms with E-state index in [9.17, 15) is 4.79 Å². The fourth-order valence-electron chi connectivity index (χ4n) is 2.38. The van der Waals surface area contributed by atoms with Gasteiger partial charge in [0.15, 0.2) is 4.34 Å². The van der Waals surface area contributed by atoms with Crippen LogP contribution in [0.25, 0.3) is 10.2 Å². The van der Waals surface area contributed by atoms with Crippen molar-refractivity contribution < 1.29 is 14.3 Å². The number of benzene rings is 2. The Morgan fingerprint density at radius 2 is 2.04 bits per heavy atom. The lowest BCUT2D eigenvalue weighted by Crippen LogP contribution is -2.21. The lowest BCUT2D eigenvalue weighted by atomic mass is 10.1. The quantitative estimate of drug-likeness (QED) is 0.369. The van der Waals surface area contributed by atoms with E-state index in [0.717, 1.165) is 20.1 Å². The van der Waals surface area contributed by atoms with Gasteiger partial charge in [-0.25, -0.2) is 10.4 Å². The molecule has 0 radical (unpaired) electrons. The Morgan fingerprint density at radius 3 is 2.78 bits per heavy atom. The van der Waals surface area contributed by atoms with Crippen LogP contribution in [0.15, 0.2) is 51.9 Å². The Morgan fingerprint density at radius 1 is 1.22 bits per heavy atom. The SMILES string of the molecule is COc1ccc(/C(C)=N\NC(=O)CSc2nc3ccccc3s2)c(OC)c1. The number of aromatic nitrogens is 1. The molecule has 6 nitrogen and oxygen atoms in total. The van der Waals surface area contributed by atoms with Crippen molar-refractivity contribution >= 4 is 44.9 Å². The van der Waals surface area contributed by atoms with E-state index >= 15 is 0 Å². The zero-order valence-corrected chi connectivity index (χ0v) is 16.8. The number of hydrogen-bond donors (Lipinski definition) is 1. The van der Waals surface area contributed by atoms with Crippen LogP contribution in [-0.2, 0) is 4.79 Å². The number of nitrogens with one attached hydrogen (secondary N) is 1. The van der Waals surface area contributed by atoms with Crippen molar-refractivity contribution in [3.63, 3.8) is 0 Å². The molecule has 0 saturated heterocycles. The Labute approximate surface area is 165 Å². The maximum absolute atomic E-state index is 12.1. The number of carbonyl (C=O) groups is 1. The van der Waals surface area contributed by atoms with Crippen molar-refractivity contribution in [2.75, 3.05) is 20.0 Å². The molecule has 0 aliphatic carbocycles. The van der Waals surface area contributed by atoms with Gasteiger partial charge in [0.1, 0.15) is 11.5 Å². The summed E-state index contributed by atoms with van der Waals surface area (Å²) < 4.78 is 12.5. The Hall–Kier alpha value is -2.58. The first-order valence-electron chi connectivity index (χ1n) is 8.14. The normalized spacial score (nSPS) is 11.4. The molecular weight excluding hydrogens is 382 g/mol. The predicted octanol–water partition coefficient (Wildman–Crippen LogP) is 3.95. The first kappa shape index (κ1) is 19.2. The summed E-state index contributed by atoms with van der Waals surface area (Å²) in [7, 11) is 3.18. The first-order valence-corrected chi connectivity index (χ1v) is 9.95. The average molecular weight is 402 g/mol. The monoisotopic (exact) mass is 401 g/mol. The molecule has 3 aromatic rings. The van der Waals surface area contributed by atoms with E-state index in [1.807, 2.05) is 43.3 Å². The molecule has 1 N–H and O–H groups in total. The number of thioether (sulfide) groups is 1. The highest BCUT2D eigenvalue weighted by atomic mass is 32.2. The fourth-order valence-corrected chi connectivity index (χ4v) is 4.24. The summed E-state index contributed by atoms with van der Waals surface area (Å²) >= 11 is 2.98. The summed E-state index contributed by atoms with van der Waals surface area (Å²) in [6, 6.07) is 13.4. The molecule has 0 bridgehead atoms. The number of hydrogen-bond acceptors (Lipinski definition) is 7. The molecule has 0 aliphatic rings. The van der Waals surface area contributed by atoms with Gasteiger partial charge in [-0.3, -0.25) is 4.79 Å². The maximum Gasteiger partial charge on any atom is 0.250 e. The van der Waals surface area contributed by atoms with E-state index in [4.69, 9.17) is 9.47 Å². The van der Waals surface area contributed by atoms with E-state index in [2.05, 4.69) is 15.5 Å². The summed E-state index contributed by atoms with van der Waals surface area (Å²) in [4.78, 5) is 16.6. The largest absolute Gasteiger partial charge is 0.497 e. The van der Waals surface area contributed by atoms with Gasteiger partial charge < -0.3 is 9.47 Å². The minimum Gasteiger partial charge on any atom is -0.497 e. The Bertz CT molecular complexity index is 952. The van der Waals surface area contributed by atoms with Gasteiger partial charge in [0.25, 0.3) is 5.91 Å². The zero-order chi connectivity index (χ0) is 19.2. The standard InChI is InChI=1S/C19H19N3O3S2/c1-12(14-9-8-13(24-2)10-16(14)25-3)21-22-18(23)11-26-19-20-15-6-4-5-7-17(15)27-19/h4-10H,11H2,1-3H3,(H,22,23)/b21-12-. The van der Waals surface area contributed by atoms with Crippen molar-refractivity contribution in [3.8, 4) is 11.5 Å². The summed E-state index contributed by atoms with van der Waals surface area (Å²) in [6.45, 7) is 1.81. The van der Waals surface area contributed by atoms with Crippen molar-refractivity contribution in [1.29, 1.82) is 0 Å². The molecule has 0 aliphatic heterocycles. The molecule has 0 fully saturated rings. The molecule has 1 amide bonds. The number of amides is 1. The number of hydrazone groups is 1. The Balaban J connectivity index is 1.60. The van der Waals surface area contributed by atoms with Crippen LogP contribution in [0.3, 0.4) is 0 Å². The highest BCUT2D eigenvalue weighted by Crippen LogP contribution is 2.29. The lowest BCUT2D eigenvalue weighted by molar-refractivity contribution is -0.118. The smallest absolute Gasteiger partial charge is 0.250 e. The summed E-state index contributed by atoms with van der Waals surface area (Å²) in [5.41, 5.74) is 4.97. The van der Waals surface area contributed by atoms with E-state index < -0.39 is 0 Å². The van der Waals surface area contributed by atoms with Crippen LogP contribution in [0.2, 0.25) is 0 Å². The second kappa shape index (κ2) is 8.88. The third kappa shape index (κ3) is 4.78. The fraction of sp³-hybridized carbons (Fsp3) is 0.211. The molecular formula is C19H19N3O3S2. The van der Waals surface area contributed by atoms with Crippen molar-refractivity contribution in [1.82, 2.24) is 10.4 Å². The molecule has 1 aromatic heterocycles. The van der Waals surface area contributed by atoms with E-state index in [1.54, 1.807) is 31.6 Å². The van der Waals surface area contributed by atoms with Crippen LogP contribution in [0.4, 0.5) is 0 Å². The van der Waals surface area contributed by atoms with Crippen LogP contribution < -0.4 is 14.9 Å². The van der Waals surface area contributed by atoms with Gasteiger partial charge in [-0.15, -0.1) is 11.3 Å². The highest BCUT2D eigenvalue weighted by molar-refractivity contribution is 8.01. The molecule has 0 saturated carbocycles. The first-order chi connectivity index (χ1) is 13.1. The van der Waals surface area contributed by atoms with Gasteiger partial charge in [-0.05, 0) is 31.2 Å². The number of methoxy groups -OCH3 is 2. The number of nitrogens with zero attached hydrogens (tertiary/aromatic N) is 2. The molecule has 140 valence electrons. The second-order valence-corrected chi connectivity index (χ2v) is 7.79. The summed E-state index contributed by atoms with van der Waals surface area (Å²) in [5.74, 6) is 1.38. The summed E-state index contributed by atoms with van der Waals surface area (Å²) in [6.07, 6.45) is 0. The average Bonchev–Trinajstić information content (AvgIpc) is 3.12. The topological polar surface area (TPSA) is 72.8 Å². The van der Waals surface area contributed by atoms with Crippen LogP contribution in [0, 0.1) is 0 Å². The number of rotatable bonds is 7. The van der Waals surface area contributed by atoms with Crippen LogP contribution >= 0.6 is 23.1 Å². The van der Waals surface area contributed by atoms with Gasteiger partial charge in [0.05, 0.1) is 35.9 Å².